The van der Waals surface area contributed by atoms with E-state index in [9.17, 15) is 14.7 Å². The van der Waals surface area contributed by atoms with Gasteiger partial charge in [-0.3, -0.25) is 10.2 Å². The number of esters is 1. The van der Waals surface area contributed by atoms with Crippen molar-refractivity contribution in [2.45, 2.75) is 25.3 Å². The summed E-state index contributed by atoms with van der Waals surface area (Å²) in [5.74, 6) is -0.834. The number of hydrogen-bond donors (Lipinski definition) is 3. The Bertz CT molecular complexity index is 1610. The van der Waals surface area contributed by atoms with Crippen LogP contribution in [-0.2, 0) is 16.0 Å². The molecule has 39 heavy (non-hydrogen) atoms. The van der Waals surface area contributed by atoms with E-state index in [-0.39, 0.29) is 42.3 Å². The third-order valence-electron chi connectivity index (χ3n) is 7.04. The molecule has 9 heteroatoms. The van der Waals surface area contributed by atoms with E-state index in [2.05, 4.69) is 16.4 Å². The number of aromatic nitrogens is 1. The second-order valence-corrected chi connectivity index (χ2v) is 10.6. The van der Waals surface area contributed by atoms with Crippen LogP contribution in [0.1, 0.15) is 45.4 Å². The Morgan fingerprint density at radius 2 is 1.92 bits per heavy atom. The molecule has 1 aliphatic heterocycles. The SMILES string of the molecule is N=C1C(c2nc3ccccc3s2)=C(O)CN1c1cccc(C(=O)OCC(=O)N[C@H]2CCCc3ccccc32)c1. The molecule has 1 atom stereocenters. The molecule has 0 radical (unpaired) electrons. The topological polar surface area (TPSA) is 116 Å². The molecule has 0 unspecified atom stereocenters. The van der Waals surface area contributed by atoms with Crippen molar-refractivity contribution < 1.29 is 19.4 Å². The summed E-state index contributed by atoms with van der Waals surface area (Å²) in [4.78, 5) is 31.6. The van der Waals surface area contributed by atoms with Crippen LogP contribution in [-0.4, -0.2) is 41.0 Å². The van der Waals surface area contributed by atoms with Gasteiger partial charge in [0.1, 0.15) is 16.6 Å². The van der Waals surface area contributed by atoms with Crippen molar-refractivity contribution in [3.63, 3.8) is 0 Å². The minimum atomic E-state index is -0.634. The Balaban J connectivity index is 1.11. The fourth-order valence-electron chi connectivity index (χ4n) is 5.16. The van der Waals surface area contributed by atoms with Crippen LogP contribution in [0.4, 0.5) is 5.69 Å². The van der Waals surface area contributed by atoms with Crippen molar-refractivity contribution >= 4 is 50.5 Å². The lowest BCUT2D eigenvalue weighted by Crippen LogP contribution is -2.34. The molecule has 0 saturated carbocycles. The molecular formula is C30H26N4O4S. The molecule has 0 saturated heterocycles. The predicted octanol–water partition coefficient (Wildman–Crippen LogP) is 5.41. The molecule has 1 amide bonds. The highest BCUT2D eigenvalue weighted by Gasteiger charge is 2.32. The van der Waals surface area contributed by atoms with Gasteiger partial charge in [0, 0.05) is 5.69 Å². The Labute approximate surface area is 229 Å². The minimum Gasteiger partial charge on any atom is -0.510 e. The number of nitrogens with one attached hydrogen (secondary N) is 2. The first kappa shape index (κ1) is 24.8. The number of aliphatic hydroxyl groups is 1. The first-order valence-corrected chi connectivity index (χ1v) is 13.6. The van der Waals surface area contributed by atoms with E-state index in [1.54, 1.807) is 29.2 Å². The van der Waals surface area contributed by atoms with E-state index in [1.165, 1.54) is 16.9 Å². The maximum absolute atomic E-state index is 12.8. The number of aryl methyl sites for hydroxylation is 1. The zero-order chi connectivity index (χ0) is 26.9. The van der Waals surface area contributed by atoms with Gasteiger partial charge in [0.15, 0.2) is 6.61 Å². The van der Waals surface area contributed by atoms with Gasteiger partial charge in [0.25, 0.3) is 5.91 Å². The van der Waals surface area contributed by atoms with Gasteiger partial charge in [0.05, 0.1) is 33.9 Å². The second-order valence-electron chi connectivity index (χ2n) is 9.58. The van der Waals surface area contributed by atoms with Gasteiger partial charge in [-0.1, -0.05) is 42.5 Å². The van der Waals surface area contributed by atoms with Crippen molar-refractivity contribution in [3.05, 3.63) is 100 Å². The predicted molar refractivity (Wildman–Crippen MR) is 151 cm³/mol. The summed E-state index contributed by atoms with van der Waals surface area (Å²) in [6.45, 7) is -0.292. The maximum Gasteiger partial charge on any atom is 0.338 e. The first-order chi connectivity index (χ1) is 19.0. The van der Waals surface area contributed by atoms with Gasteiger partial charge in [-0.15, -0.1) is 11.3 Å². The van der Waals surface area contributed by atoms with Gasteiger partial charge in [-0.05, 0) is 60.7 Å². The van der Waals surface area contributed by atoms with Gasteiger partial charge in [-0.2, -0.15) is 0 Å². The summed E-state index contributed by atoms with van der Waals surface area (Å²) < 4.78 is 6.29. The van der Waals surface area contributed by atoms with Crippen LogP contribution in [0.15, 0.2) is 78.6 Å². The number of aliphatic hydroxyl groups excluding tert-OH is 1. The monoisotopic (exact) mass is 538 g/mol. The van der Waals surface area contributed by atoms with E-state index in [4.69, 9.17) is 10.1 Å². The van der Waals surface area contributed by atoms with Crippen LogP contribution in [0.5, 0.6) is 0 Å². The highest BCUT2D eigenvalue weighted by Crippen LogP contribution is 2.35. The van der Waals surface area contributed by atoms with E-state index in [0.29, 0.717) is 16.3 Å². The van der Waals surface area contributed by atoms with Crippen molar-refractivity contribution in [2.24, 2.45) is 0 Å². The van der Waals surface area contributed by atoms with Crippen LogP contribution < -0.4 is 10.2 Å². The number of fused-ring (bicyclic) bond motifs is 2. The Hall–Kier alpha value is -4.50. The largest absolute Gasteiger partial charge is 0.510 e. The number of carbonyl (C=O) groups excluding carboxylic acids is 2. The molecule has 0 spiro atoms. The van der Waals surface area contributed by atoms with E-state index >= 15 is 0 Å². The molecular weight excluding hydrogens is 512 g/mol. The maximum atomic E-state index is 12.8. The Kier molecular flexibility index (Phi) is 6.58. The summed E-state index contributed by atoms with van der Waals surface area (Å²) in [5.41, 5.74) is 4.36. The molecule has 8 nitrogen and oxygen atoms in total. The number of para-hydroxylation sites is 1. The molecule has 196 valence electrons. The normalized spacial score (nSPS) is 16.9. The molecule has 3 aromatic carbocycles. The standard InChI is InChI=1S/C30H26N4O4S/c31-28-27(29-33-23-12-3-4-14-25(23)39-29)24(35)16-34(28)20-10-5-9-19(15-20)30(37)38-17-26(36)32-22-13-6-8-18-7-1-2-11-21(18)22/h1-5,7,9-12,14-15,22,31,35H,6,8,13,16-17H2,(H,32,36)/t22-/m0/s1. The molecule has 0 bridgehead atoms. The van der Waals surface area contributed by atoms with Crippen LogP contribution >= 0.6 is 11.3 Å². The van der Waals surface area contributed by atoms with E-state index < -0.39 is 5.97 Å². The number of thiazole rings is 1. The summed E-state index contributed by atoms with van der Waals surface area (Å²) in [6.07, 6.45) is 2.84. The average Bonchev–Trinajstić information content (AvgIpc) is 3.51. The Morgan fingerprint density at radius 1 is 1.10 bits per heavy atom. The number of amides is 1. The molecule has 1 aliphatic carbocycles. The summed E-state index contributed by atoms with van der Waals surface area (Å²) >= 11 is 1.42. The quantitative estimate of drug-likeness (QED) is 0.283. The zero-order valence-corrected chi connectivity index (χ0v) is 21.8. The van der Waals surface area contributed by atoms with Crippen LogP contribution in [0.25, 0.3) is 15.8 Å². The summed E-state index contributed by atoms with van der Waals surface area (Å²) in [5, 5.41) is 23.0. The second kappa shape index (κ2) is 10.3. The number of carbonyl (C=O) groups is 2. The first-order valence-electron chi connectivity index (χ1n) is 12.8. The third kappa shape index (κ3) is 4.88. The number of rotatable bonds is 6. The molecule has 2 aliphatic rings. The lowest BCUT2D eigenvalue weighted by Gasteiger charge is -2.26. The average molecular weight is 539 g/mol. The number of anilines is 1. The molecule has 3 N–H and O–H groups in total. The van der Waals surface area contributed by atoms with Crippen LogP contribution in [0.3, 0.4) is 0 Å². The molecule has 4 aromatic rings. The smallest absolute Gasteiger partial charge is 0.338 e. The van der Waals surface area contributed by atoms with Gasteiger partial charge < -0.3 is 20.1 Å². The number of amidine groups is 1. The zero-order valence-electron chi connectivity index (χ0n) is 21.0. The Morgan fingerprint density at radius 3 is 2.79 bits per heavy atom. The lowest BCUT2D eigenvalue weighted by atomic mass is 9.88. The van der Waals surface area contributed by atoms with Crippen molar-refractivity contribution in [2.75, 3.05) is 18.1 Å². The van der Waals surface area contributed by atoms with Gasteiger partial charge in [-0.25, -0.2) is 9.78 Å². The number of nitrogens with zero attached hydrogens (tertiary/aromatic N) is 2. The fraction of sp³-hybridized carbons (Fsp3) is 0.200. The molecule has 1 aromatic heterocycles. The van der Waals surface area contributed by atoms with E-state index in [1.807, 2.05) is 42.5 Å². The van der Waals surface area contributed by atoms with E-state index in [0.717, 1.165) is 35.0 Å². The fourth-order valence-corrected chi connectivity index (χ4v) is 6.19. The molecule has 0 fully saturated rings. The van der Waals surface area contributed by atoms with Crippen molar-refractivity contribution in [1.82, 2.24) is 10.3 Å². The van der Waals surface area contributed by atoms with Crippen LogP contribution in [0, 0.1) is 5.41 Å². The van der Waals surface area contributed by atoms with Crippen molar-refractivity contribution in [1.29, 1.82) is 5.41 Å². The highest BCUT2D eigenvalue weighted by molar-refractivity contribution is 7.19. The summed E-state index contributed by atoms with van der Waals surface area (Å²) in [7, 11) is 0. The lowest BCUT2D eigenvalue weighted by molar-refractivity contribution is -0.125. The molecule has 6 rings (SSSR count). The van der Waals surface area contributed by atoms with Crippen molar-refractivity contribution in [3.8, 4) is 0 Å². The number of benzene rings is 3. The minimum absolute atomic E-state index is 0.0491. The molecule has 2 heterocycles. The van der Waals surface area contributed by atoms with Gasteiger partial charge in [0.2, 0.25) is 0 Å². The third-order valence-corrected chi connectivity index (χ3v) is 8.10. The number of hydrogen-bond acceptors (Lipinski definition) is 7. The number of ether oxygens (including phenoxy) is 1. The highest BCUT2D eigenvalue weighted by atomic mass is 32.1. The summed E-state index contributed by atoms with van der Waals surface area (Å²) in [6, 6.07) is 22.3. The van der Waals surface area contributed by atoms with Gasteiger partial charge >= 0.3 is 5.97 Å². The van der Waals surface area contributed by atoms with Crippen LogP contribution in [0.2, 0.25) is 0 Å².